The highest BCUT2D eigenvalue weighted by Gasteiger charge is 2.44. The zero-order chi connectivity index (χ0) is 9.23. The van der Waals surface area contributed by atoms with Crippen LogP contribution in [0, 0.1) is 0 Å². The number of halogens is 5. The summed E-state index contributed by atoms with van der Waals surface area (Å²) in [7, 11) is 0. The Balaban J connectivity index is 4.25. The van der Waals surface area contributed by atoms with Crippen molar-refractivity contribution >= 4 is 37.8 Å². The van der Waals surface area contributed by atoms with E-state index in [0.717, 1.165) is 0 Å². The molecule has 0 fully saturated rings. The van der Waals surface area contributed by atoms with E-state index in [-0.39, 0.29) is 0 Å². The standard InChI is InChI=1S/C4H3Br2F3O2/c5-1(3(10)11)2(6)4(7,8)9/h1-2H,(H,10,11)/t1-,2+/m1/s1. The van der Waals surface area contributed by atoms with Crippen molar-refractivity contribution in [2.75, 3.05) is 0 Å². The Labute approximate surface area is 77.0 Å². The van der Waals surface area contributed by atoms with Gasteiger partial charge in [0.05, 0.1) is 0 Å². The second-order valence-electron chi connectivity index (χ2n) is 1.68. The van der Waals surface area contributed by atoms with Crippen LogP contribution in [-0.4, -0.2) is 26.9 Å². The molecule has 0 rings (SSSR count). The number of carboxylic acids is 1. The molecule has 0 radical (unpaired) electrons. The van der Waals surface area contributed by atoms with Crippen LogP contribution >= 0.6 is 31.9 Å². The molecule has 7 heteroatoms. The molecule has 0 bridgehead atoms. The lowest BCUT2D eigenvalue weighted by Crippen LogP contribution is -2.35. The first-order valence-electron chi connectivity index (χ1n) is 2.34. The van der Waals surface area contributed by atoms with E-state index in [1.54, 1.807) is 0 Å². The first-order chi connectivity index (χ1) is 4.76. The average molecular weight is 300 g/mol. The monoisotopic (exact) mass is 298 g/mol. The summed E-state index contributed by atoms with van der Waals surface area (Å²) in [5.41, 5.74) is 0. The molecule has 0 aliphatic carbocycles. The Morgan fingerprint density at radius 1 is 1.36 bits per heavy atom. The molecule has 2 nitrogen and oxygen atoms in total. The SMILES string of the molecule is O=C(O)[C@H](Br)[C@H](Br)C(F)(F)F. The molecule has 66 valence electrons. The second-order valence-corrected chi connectivity index (χ2v) is 3.66. The van der Waals surface area contributed by atoms with E-state index in [0.29, 0.717) is 0 Å². The normalized spacial score (nSPS) is 17.5. The van der Waals surface area contributed by atoms with Gasteiger partial charge >= 0.3 is 12.1 Å². The molecule has 0 aromatic heterocycles. The molecule has 0 aromatic rings. The van der Waals surface area contributed by atoms with Gasteiger partial charge < -0.3 is 5.11 Å². The number of rotatable bonds is 2. The van der Waals surface area contributed by atoms with Gasteiger partial charge in [0.1, 0.15) is 9.65 Å². The summed E-state index contributed by atoms with van der Waals surface area (Å²) in [6.07, 6.45) is -4.55. The average Bonchev–Trinajstić information content (AvgIpc) is 1.82. The van der Waals surface area contributed by atoms with Crippen molar-refractivity contribution in [1.29, 1.82) is 0 Å². The van der Waals surface area contributed by atoms with Crippen LogP contribution in [0.4, 0.5) is 13.2 Å². The largest absolute Gasteiger partial charge is 0.480 e. The summed E-state index contributed by atoms with van der Waals surface area (Å²) >= 11 is 4.59. The number of alkyl halides is 5. The van der Waals surface area contributed by atoms with Crippen LogP contribution in [-0.2, 0) is 4.79 Å². The smallest absolute Gasteiger partial charge is 0.402 e. The van der Waals surface area contributed by atoms with Crippen LogP contribution in [0.2, 0.25) is 0 Å². The molecule has 0 spiro atoms. The van der Waals surface area contributed by atoms with Gasteiger partial charge in [0.15, 0.2) is 0 Å². The van der Waals surface area contributed by atoms with Crippen molar-refractivity contribution in [2.24, 2.45) is 0 Å². The molecule has 2 atom stereocenters. The Kier molecular flexibility index (Phi) is 3.83. The highest BCUT2D eigenvalue weighted by molar-refractivity contribution is 9.12. The summed E-state index contributed by atoms with van der Waals surface area (Å²) in [6, 6.07) is 0. The van der Waals surface area contributed by atoms with Crippen molar-refractivity contribution in [2.45, 2.75) is 15.8 Å². The Hall–Kier alpha value is 0.220. The molecule has 0 heterocycles. The van der Waals surface area contributed by atoms with Crippen molar-refractivity contribution in [1.82, 2.24) is 0 Å². The minimum absolute atomic E-state index is 1.55. The van der Waals surface area contributed by atoms with Crippen molar-refractivity contribution in [3.8, 4) is 0 Å². The molecule has 0 saturated carbocycles. The maximum atomic E-state index is 11.7. The van der Waals surface area contributed by atoms with E-state index < -0.39 is 21.8 Å². The van der Waals surface area contributed by atoms with Crippen LogP contribution in [0.15, 0.2) is 0 Å². The predicted octanol–water partition coefficient (Wildman–Crippen LogP) is 2.16. The zero-order valence-corrected chi connectivity index (χ0v) is 8.07. The summed E-state index contributed by atoms with van der Waals surface area (Å²) in [6.45, 7) is 0. The molecule has 0 unspecified atom stereocenters. The van der Waals surface area contributed by atoms with E-state index in [2.05, 4.69) is 31.9 Å². The van der Waals surface area contributed by atoms with Gasteiger partial charge in [0.25, 0.3) is 0 Å². The lowest BCUT2D eigenvalue weighted by molar-refractivity contribution is -0.147. The van der Waals surface area contributed by atoms with Crippen LogP contribution < -0.4 is 0 Å². The minimum Gasteiger partial charge on any atom is -0.480 e. The molecule has 1 N–H and O–H groups in total. The molecule has 0 amide bonds. The Morgan fingerprint density at radius 2 is 1.73 bits per heavy atom. The van der Waals surface area contributed by atoms with Gasteiger partial charge in [-0.2, -0.15) is 13.2 Å². The zero-order valence-electron chi connectivity index (χ0n) is 4.90. The van der Waals surface area contributed by atoms with Crippen LogP contribution in [0.1, 0.15) is 0 Å². The third kappa shape index (κ3) is 3.42. The first-order valence-corrected chi connectivity index (χ1v) is 4.17. The molecule has 0 aliphatic rings. The summed E-state index contributed by atoms with van der Waals surface area (Å²) in [5.74, 6) is -1.55. The van der Waals surface area contributed by atoms with Crippen LogP contribution in [0.3, 0.4) is 0 Å². The summed E-state index contributed by atoms with van der Waals surface area (Å²) in [5, 5.41) is 8.14. The van der Waals surface area contributed by atoms with Gasteiger partial charge in [-0.15, -0.1) is 0 Å². The molecule has 0 aromatic carbocycles. The fraction of sp³-hybridized carbons (Fsp3) is 0.750. The van der Waals surface area contributed by atoms with Gasteiger partial charge in [0.2, 0.25) is 0 Å². The Morgan fingerprint density at radius 3 is 1.82 bits per heavy atom. The third-order valence-corrected chi connectivity index (χ3v) is 3.48. The van der Waals surface area contributed by atoms with E-state index in [1.807, 2.05) is 0 Å². The van der Waals surface area contributed by atoms with Gasteiger partial charge in [-0.3, -0.25) is 4.79 Å². The molecule has 11 heavy (non-hydrogen) atoms. The van der Waals surface area contributed by atoms with Gasteiger partial charge in [-0.1, -0.05) is 31.9 Å². The Bertz CT molecular complexity index is 158. The number of aliphatic carboxylic acids is 1. The highest BCUT2D eigenvalue weighted by atomic mass is 79.9. The maximum Gasteiger partial charge on any atom is 0.402 e. The van der Waals surface area contributed by atoms with Crippen molar-refractivity contribution in [3.05, 3.63) is 0 Å². The van der Waals surface area contributed by atoms with E-state index in [1.165, 1.54) is 0 Å². The van der Waals surface area contributed by atoms with E-state index in [4.69, 9.17) is 5.11 Å². The topological polar surface area (TPSA) is 37.3 Å². The molecule has 0 aliphatic heterocycles. The number of carboxylic acid groups (broad SMARTS) is 1. The van der Waals surface area contributed by atoms with Crippen molar-refractivity contribution < 1.29 is 23.1 Å². The fourth-order valence-electron chi connectivity index (χ4n) is 0.291. The van der Waals surface area contributed by atoms with Crippen LogP contribution in [0.25, 0.3) is 0 Å². The maximum absolute atomic E-state index is 11.7. The number of carbonyl (C=O) groups is 1. The lowest BCUT2D eigenvalue weighted by atomic mass is 10.3. The summed E-state index contributed by atoms with van der Waals surface area (Å²) in [4.78, 5) is 6.30. The highest BCUT2D eigenvalue weighted by Crippen LogP contribution is 2.31. The molecule has 0 saturated heterocycles. The quantitative estimate of drug-likeness (QED) is 0.794. The van der Waals surface area contributed by atoms with Crippen LogP contribution in [0.5, 0.6) is 0 Å². The number of hydrogen-bond acceptors (Lipinski definition) is 1. The minimum atomic E-state index is -4.55. The van der Waals surface area contributed by atoms with Gasteiger partial charge in [-0.05, 0) is 0 Å². The summed E-state index contributed by atoms with van der Waals surface area (Å²) < 4.78 is 35.2. The van der Waals surface area contributed by atoms with E-state index in [9.17, 15) is 18.0 Å². The van der Waals surface area contributed by atoms with Gasteiger partial charge in [-0.25, -0.2) is 0 Å². The van der Waals surface area contributed by atoms with Crippen molar-refractivity contribution in [3.63, 3.8) is 0 Å². The lowest BCUT2D eigenvalue weighted by Gasteiger charge is -2.15. The van der Waals surface area contributed by atoms with Gasteiger partial charge in [0, 0.05) is 0 Å². The fourth-order valence-corrected chi connectivity index (χ4v) is 0.817. The van der Waals surface area contributed by atoms with E-state index >= 15 is 0 Å². The first kappa shape index (κ1) is 11.2. The number of hydrogen-bond donors (Lipinski definition) is 1. The third-order valence-electron chi connectivity index (χ3n) is 0.806. The molecular formula is C4H3Br2F3O2. The molecular weight excluding hydrogens is 297 g/mol. The predicted molar refractivity (Wildman–Crippen MR) is 39.1 cm³/mol. The second kappa shape index (κ2) is 3.75.